The molecule has 12 heteroatoms. The highest BCUT2D eigenvalue weighted by molar-refractivity contribution is 5.79. The molecule has 0 spiro atoms. The van der Waals surface area contributed by atoms with Gasteiger partial charge in [0.2, 0.25) is 0 Å². The molecule has 1 unspecified atom stereocenters. The van der Waals surface area contributed by atoms with Crippen LogP contribution < -0.4 is 15.2 Å². The van der Waals surface area contributed by atoms with Crippen LogP contribution in [-0.2, 0) is 30.2 Å². The van der Waals surface area contributed by atoms with Crippen molar-refractivity contribution in [3.8, 4) is 11.5 Å². The molecule has 1 rings (SSSR count). The van der Waals surface area contributed by atoms with Crippen LogP contribution in [0.25, 0.3) is 0 Å². The Morgan fingerprint density at radius 1 is 0.825 bits per heavy atom. The average molecular weight is 570 g/mol. The van der Waals surface area contributed by atoms with Gasteiger partial charge in [0.1, 0.15) is 11.6 Å². The van der Waals surface area contributed by atoms with Gasteiger partial charge in [0, 0.05) is 12.8 Å². The third-order valence-electron chi connectivity index (χ3n) is 5.56. The zero-order chi connectivity index (χ0) is 30.1. The number of hydrogen-bond donors (Lipinski definition) is 2. The lowest BCUT2D eigenvalue weighted by Crippen LogP contribution is -2.52. The van der Waals surface area contributed by atoms with Crippen LogP contribution in [0.15, 0.2) is 18.2 Å². The van der Waals surface area contributed by atoms with Crippen molar-refractivity contribution in [3.05, 3.63) is 23.8 Å². The molecule has 0 amide bonds. The van der Waals surface area contributed by atoms with E-state index in [0.29, 0.717) is 18.4 Å². The van der Waals surface area contributed by atoms with E-state index >= 15 is 0 Å². The van der Waals surface area contributed by atoms with Crippen LogP contribution in [0.1, 0.15) is 85.1 Å². The summed E-state index contributed by atoms with van der Waals surface area (Å²) in [5.74, 6) is -1.64. The molecule has 0 saturated heterocycles. The zero-order valence-corrected chi connectivity index (χ0v) is 24.1. The van der Waals surface area contributed by atoms with Crippen molar-refractivity contribution in [3.63, 3.8) is 0 Å². The Labute approximate surface area is 235 Å². The van der Waals surface area contributed by atoms with Gasteiger partial charge in [-0.25, -0.2) is 14.4 Å². The van der Waals surface area contributed by atoms with Gasteiger partial charge in [0.15, 0.2) is 11.5 Å². The molecule has 0 radical (unpaired) electrons. The number of carbonyl (C=O) groups is 4. The van der Waals surface area contributed by atoms with Crippen LogP contribution in [0.2, 0.25) is 0 Å². The fourth-order valence-electron chi connectivity index (χ4n) is 3.62. The Bertz CT molecular complexity index is 966. The van der Waals surface area contributed by atoms with Gasteiger partial charge in [-0.15, -0.1) is 0 Å². The maximum atomic E-state index is 12.3. The molecule has 1 aromatic rings. The van der Waals surface area contributed by atoms with Crippen molar-refractivity contribution in [1.29, 1.82) is 0 Å². The molecule has 0 aromatic heterocycles. The lowest BCUT2D eigenvalue weighted by atomic mass is 9.86. The molecule has 0 heterocycles. The van der Waals surface area contributed by atoms with E-state index < -0.39 is 42.2 Å². The fourth-order valence-corrected chi connectivity index (χ4v) is 3.62. The van der Waals surface area contributed by atoms with Crippen LogP contribution in [-0.4, -0.2) is 60.5 Å². The largest absolute Gasteiger partial charge is 0.513 e. The number of ether oxygens (including phenoxy) is 6. The minimum atomic E-state index is -1.87. The Balaban J connectivity index is 3.09. The normalized spacial score (nSPS) is 13.1. The summed E-state index contributed by atoms with van der Waals surface area (Å²) in [5, 5.41) is 9.88. The summed E-state index contributed by atoms with van der Waals surface area (Å²) in [7, 11) is 0. The Kier molecular flexibility index (Phi) is 15.5. The summed E-state index contributed by atoms with van der Waals surface area (Å²) in [6.45, 7) is 9.13. The van der Waals surface area contributed by atoms with Crippen LogP contribution in [0, 0.1) is 0 Å². The molecule has 0 saturated carbocycles. The van der Waals surface area contributed by atoms with Crippen molar-refractivity contribution in [1.82, 2.24) is 0 Å². The summed E-state index contributed by atoms with van der Waals surface area (Å²) in [6.07, 6.45) is 0.245. The van der Waals surface area contributed by atoms with Gasteiger partial charge in [-0.05, 0) is 51.3 Å². The number of rotatable bonds is 17. The molecule has 0 bridgehead atoms. The summed E-state index contributed by atoms with van der Waals surface area (Å²) in [6, 6.07) is 4.14. The van der Waals surface area contributed by atoms with Crippen molar-refractivity contribution in [2.45, 2.75) is 104 Å². The van der Waals surface area contributed by atoms with E-state index in [4.69, 9.17) is 34.2 Å². The maximum absolute atomic E-state index is 12.3. The molecule has 1 aromatic carbocycles. The maximum Gasteiger partial charge on any atom is 0.513 e. The van der Waals surface area contributed by atoms with E-state index in [1.165, 1.54) is 25.1 Å². The molecule has 0 aliphatic carbocycles. The van der Waals surface area contributed by atoms with Gasteiger partial charge in [-0.1, -0.05) is 45.6 Å². The molecule has 3 N–H and O–H groups in total. The molecule has 226 valence electrons. The molecular formula is C28H43NO11. The second-order valence-corrected chi connectivity index (χ2v) is 9.78. The van der Waals surface area contributed by atoms with Gasteiger partial charge in [0.05, 0.1) is 19.3 Å². The quantitative estimate of drug-likeness (QED) is 0.101. The predicted octanol–water partition coefficient (Wildman–Crippen LogP) is 5.76. The highest BCUT2D eigenvalue weighted by atomic mass is 16.7. The Morgan fingerprint density at radius 2 is 1.38 bits per heavy atom. The number of carboxylic acids is 1. The molecule has 40 heavy (non-hydrogen) atoms. The summed E-state index contributed by atoms with van der Waals surface area (Å²) in [4.78, 5) is 48.4. The fraction of sp³-hybridized carbons (Fsp3) is 0.643. The molecule has 12 nitrogen and oxygen atoms in total. The first-order valence-electron chi connectivity index (χ1n) is 13.6. The lowest BCUT2D eigenvalue weighted by molar-refractivity contribution is -0.144. The minimum Gasteiger partial charge on any atom is -0.480 e. The SMILES string of the molecule is CCCCCOC(=O)Oc1ccc(CC(N)(C[C@H](C)OC(=O)OC(C)C)C(=O)O)cc1OC(=O)OCCCCC. The number of carboxylic acid groups (broad SMARTS) is 1. The highest BCUT2D eigenvalue weighted by Crippen LogP contribution is 2.31. The van der Waals surface area contributed by atoms with Crippen LogP contribution in [0.4, 0.5) is 14.4 Å². The van der Waals surface area contributed by atoms with Crippen molar-refractivity contribution in [2.75, 3.05) is 13.2 Å². The Hall–Kier alpha value is -3.54. The van der Waals surface area contributed by atoms with E-state index in [-0.39, 0.29) is 37.6 Å². The highest BCUT2D eigenvalue weighted by Gasteiger charge is 2.37. The number of carbonyl (C=O) groups excluding carboxylic acids is 3. The van der Waals surface area contributed by atoms with Crippen LogP contribution in [0.5, 0.6) is 11.5 Å². The molecular weight excluding hydrogens is 526 g/mol. The first-order chi connectivity index (χ1) is 18.9. The zero-order valence-electron chi connectivity index (χ0n) is 24.1. The second kappa shape index (κ2) is 17.9. The monoisotopic (exact) mass is 569 g/mol. The number of benzene rings is 1. The molecule has 0 fully saturated rings. The lowest BCUT2D eigenvalue weighted by Gasteiger charge is -2.28. The molecule has 0 aliphatic rings. The van der Waals surface area contributed by atoms with E-state index in [1.807, 2.05) is 13.8 Å². The summed E-state index contributed by atoms with van der Waals surface area (Å²) < 4.78 is 30.7. The standard InChI is InChI=1S/C28H43NO11/c1-6-8-10-14-35-25(32)39-22-13-12-21(16-23(22)40-26(33)36-15-11-9-7-2)18-28(29,24(30)31)17-20(5)38-27(34)37-19(3)4/h12-13,16,19-20H,6-11,14-15,17-18,29H2,1-5H3,(H,30,31)/t20-,28?/m0/s1. The topological polar surface area (TPSA) is 170 Å². The van der Waals surface area contributed by atoms with Crippen molar-refractivity contribution < 1.29 is 52.7 Å². The number of nitrogens with two attached hydrogens (primary N) is 1. The van der Waals surface area contributed by atoms with Gasteiger partial charge < -0.3 is 39.3 Å². The van der Waals surface area contributed by atoms with Crippen LogP contribution in [0.3, 0.4) is 0 Å². The van der Waals surface area contributed by atoms with Crippen molar-refractivity contribution >= 4 is 24.4 Å². The summed E-state index contributed by atoms with van der Waals surface area (Å²) in [5.41, 5.74) is 4.71. The second-order valence-electron chi connectivity index (χ2n) is 9.78. The van der Waals surface area contributed by atoms with Crippen molar-refractivity contribution in [2.24, 2.45) is 5.73 Å². The van der Waals surface area contributed by atoms with E-state index in [1.54, 1.807) is 13.8 Å². The first-order valence-corrected chi connectivity index (χ1v) is 13.6. The molecule has 2 atom stereocenters. The third-order valence-corrected chi connectivity index (χ3v) is 5.56. The van der Waals surface area contributed by atoms with E-state index in [0.717, 1.165) is 25.7 Å². The number of hydrogen-bond acceptors (Lipinski definition) is 11. The molecule has 0 aliphatic heterocycles. The predicted molar refractivity (Wildman–Crippen MR) is 144 cm³/mol. The number of unbranched alkanes of at least 4 members (excludes halogenated alkanes) is 4. The first kappa shape index (κ1) is 34.5. The van der Waals surface area contributed by atoms with Gasteiger partial charge in [-0.3, -0.25) is 4.79 Å². The average Bonchev–Trinajstić information content (AvgIpc) is 2.85. The van der Waals surface area contributed by atoms with Gasteiger partial charge in [-0.2, -0.15) is 0 Å². The third kappa shape index (κ3) is 13.5. The Morgan fingerprint density at radius 3 is 1.88 bits per heavy atom. The van der Waals surface area contributed by atoms with E-state index in [2.05, 4.69) is 0 Å². The van der Waals surface area contributed by atoms with Crippen LogP contribution >= 0.6 is 0 Å². The summed E-state index contributed by atoms with van der Waals surface area (Å²) >= 11 is 0. The van der Waals surface area contributed by atoms with Gasteiger partial charge in [0.25, 0.3) is 0 Å². The van der Waals surface area contributed by atoms with E-state index in [9.17, 15) is 24.3 Å². The van der Waals surface area contributed by atoms with Gasteiger partial charge >= 0.3 is 24.4 Å². The smallest absolute Gasteiger partial charge is 0.480 e. The minimum absolute atomic E-state index is 0.124. The number of aliphatic carboxylic acids is 1.